The lowest BCUT2D eigenvalue weighted by atomic mass is 10.2. The number of fused-ring (bicyclic) bond motifs is 1. The standard InChI is InChI=1S/C19H20N4O5S/c1-12(24)22-4-6-23(7-5-22)17(25)9-14-10-29-19(20-14)21-18(26)13-2-3-15-16(8-13)28-11-27-15/h2-3,8,10H,4-7,9,11H2,1H3,(H,20,21,26). The van der Waals surface area contributed by atoms with Gasteiger partial charge in [-0.05, 0) is 18.2 Å². The van der Waals surface area contributed by atoms with Gasteiger partial charge < -0.3 is 19.3 Å². The summed E-state index contributed by atoms with van der Waals surface area (Å²) >= 11 is 1.27. The first-order chi connectivity index (χ1) is 14.0. The molecule has 1 saturated heterocycles. The molecular formula is C19H20N4O5S. The molecule has 0 atom stereocenters. The highest BCUT2D eigenvalue weighted by Crippen LogP contribution is 2.32. The van der Waals surface area contributed by atoms with Crippen LogP contribution in [-0.4, -0.2) is 65.5 Å². The molecule has 0 spiro atoms. The second-order valence-electron chi connectivity index (χ2n) is 6.73. The third kappa shape index (κ3) is 4.32. The summed E-state index contributed by atoms with van der Waals surface area (Å²) in [5.74, 6) is 0.830. The Morgan fingerprint density at radius 2 is 1.83 bits per heavy atom. The molecule has 3 amide bonds. The smallest absolute Gasteiger partial charge is 0.257 e. The first-order valence-corrected chi connectivity index (χ1v) is 10.1. The van der Waals surface area contributed by atoms with Crippen molar-refractivity contribution >= 4 is 34.2 Å². The van der Waals surface area contributed by atoms with Gasteiger partial charge in [-0.1, -0.05) is 0 Å². The second-order valence-corrected chi connectivity index (χ2v) is 7.59. The monoisotopic (exact) mass is 416 g/mol. The van der Waals surface area contributed by atoms with Gasteiger partial charge in [0.15, 0.2) is 16.6 Å². The van der Waals surface area contributed by atoms with E-state index in [-0.39, 0.29) is 30.9 Å². The molecule has 2 aliphatic rings. The summed E-state index contributed by atoms with van der Waals surface area (Å²) in [6.07, 6.45) is 0.163. The molecule has 0 unspecified atom stereocenters. The molecule has 9 nitrogen and oxygen atoms in total. The largest absolute Gasteiger partial charge is 0.454 e. The molecule has 10 heteroatoms. The Labute approximate surface area is 171 Å². The van der Waals surface area contributed by atoms with Crippen LogP contribution in [0.3, 0.4) is 0 Å². The minimum atomic E-state index is -0.309. The zero-order valence-electron chi connectivity index (χ0n) is 15.8. The van der Waals surface area contributed by atoms with Gasteiger partial charge in [-0.2, -0.15) is 0 Å². The number of piperazine rings is 1. The van der Waals surface area contributed by atoms with E-state index in [9.17, 15) is 14.4 Å². The number of thiazole rings is 1. The first kappa shape index (κ1) is 19.2. The van der Waals surface area contributed by atoms with Crippen LogP contribution in [0.2, 0.25) is 0 Å². The number of nitrogens with one attached hydrogen (secondary N) is 1. The van der Waals surface area contributed by atoms with Crippen molar-refractivity contribution in [3.05, 3.63) is 34.8 Å². The topological polar surface area (TPSA) is 101 Å². The molecule has 0 radical (unpaired) electrons. The average Bonchev–Trinajstić information content (AvgIpc) is 3.36. The van der Waals surface area contributed by atoms with Crippen molar-refractivity contribution in [2.45, 2.75) is 13.3 Å². The highest BCUT2D eigenvalue weighted by molar-refractivity contribution is 7.14. The molecule has 29 heavy (non-hydrogen) atoms. The van der Waals surface area contributed by atoms with Crippen molar-refractivity contribution in [3.63, 3.8) is 0 Å². The molecule has 0 aliphatic carbocycles. The maximum atomic E-state index is 12.5. The van der Waals surface area contributed by atoms with Crippen LogP contribution in [0.15, 0.2) is 23.6 Å². The van der Waals surface area contributed by atoms with E-state index in [1.165, 1.54) is 18.3 Å². The van der Waals surface area contributed by atoms with Crippen molar-refractivity contribution in [1.29, 1.82) is 0 Å². The molecule has 152 valence electrons. The van der Waals surface area contributed by atoms with Gasteiger partial charge >= 0.3 is 0 Å². The van der Waals surface area contributed by atoms with Gasteiger partial charge in [0, 0.05) is 44.0 Å². The average molecular weight is 416 g/mol. The van der Waals surface area contributed by atoms with E-state index in [1.807, 2.05) is 0 Å². The Bertz CT molecular complexity index is 952. The van der Waals surface area contributed by atoms with Gasteiger partial charge in [-0.25, -0.2) is 4.98 Å². The summed E-state index contributed by atoms with van der Waals surface area (Å²) < 4.78 is 10.5. The number of carbonyl (C=O) groups is 3. The molecule has 1 fully saturated rings. The number of hydrogen-bond donors (Lipinski definition) is 1. The number of ether oxygens (including phenoxy) is 2. The van der Waals surface area contributed by atoms with Crippen LogP contribution in [0.5, 0.6) is 11.5 Å². The van der Waals surface area contributed by atoms with Crippen LogP contribution in [0, 0.1) is 0 Å². The fourth-order valence-electron chi connectivity index (χ4n) is 3.19. The highest BCUT2D eigenvalue weighted by atomic mass is 32.1. The molecule has 4 rings (SSSR count). The minimum absolute atomic E-state index is 0.0273. The summed E-state index contributed by atoms with van der Waals surface area (Å²) in [5.41, 5.74) is 1.04. The van der Waals surface area contributed by atoms with Crippen LogP contribution in [0.1, 0.15) is 23.0 Å². The van der Waals surface area contributed by atoms with Gasteiger partial charge in [-0.3, -0.25) is 19.7 Å². The minimum Gasteiger partial charge on any atom is -0.454 e. The van der Waals surface area contributed by atoms with Crippen molar-refractivity contribution in [3.8, 4) is 11.5 Å². The lowest BCUT2D eigenvalue weighted by Gasteiger charge is -2.34. The Morgan fingerprint density at radius 3 is 2.59 bits per heavy atom. The number of aromatic nitrogens is 1. The number of nitrogens with zero attached hydrogens (tertiary/aromatic N) is 3. The number of anilines is 1. The Balaban J connectivity index is 1.32. The van der Waals surface area contributed by atoms with Gasteiger partial charge in [-0.15, -0.1) is 11.3 Å². The van der Waals surface area contributed by atoms with E-state index in [0.29, 0.717) is 54.1 Å². The summed E-state index contributed by atoms with van der Waals surface area (Å²) in [6.45, 7) is 3.83. The van der Waals surface area contributed by atoms with E-state index >= 15 is 0 Å². The van der Waals surface area contributed by atoms with E-state index < -0.39 is 0 Å². The van der Waals surface area contributed by atoms with Crippen molar-refractivity contribution in [1.82, 2.24) is 14.8 Å². The molecule has 1 N–H and O–H groups in total. The fourth-order valence-corrected chi connectivity index (χ4v) is 3.90. The summed E-state index contributed by atoms with van der Waals surface area (Å²) in [4.78, 5) is 44.1. The molecule has 0 bridgehead atoms. The van der Waals surface area contributed by atoms with E-state index in [2.05, 4.69) is 10.3 Å². The maximum Gasteiger partial charge on any atom is 0.257 e. The summed E-state index contributed by atoms with van der Waals surface area (Å²) in [6, 6.07) is 4.97. The third-order valence-corrected chi connectivity index (χ3v) is 5.62. The number of rotatable bonds is 4. The zero-order valence-corrected chi connectivity index (χ0v) is 16.7. The van der Waals surface area contributed by atoms with E-state index in [4.69, 9.17) is 9.47 Å². The third-order valence-electron chi connectivity index (χ3n) is 4.82. The summed E-state index contributed by atoms with van der Waals surface area (Å²) in [5, 5.41) is 4.93. The Morgan fingerprint density at radius 1 is 1.10 bits per heavy atom. The predicted molar refractivity (Wildman–Crippen MR) is 105 cm³/mol. The lowest BCUT2D eigenvalue weighted by molar-refractivity contribution is -0.138. The molecule has 3 heterocycles. The molecule has 1 aromatic heterocycles. The Kier molecular flexibility index (Phi) is 5.34. The fraction of sp³-hybridized carbons (Fsp3) is 0.368. The van der Waals surface area contributed by atoms with Crippen LogP contribution in [0.4, 0.5) is 5.13 Å². The number of hydrogen-bond acceptors (Lipinski definition) is 7. The Hall–Kier alpha value is -3.14. The normalized spacial score (nSPS) is 15.3. The van der Waals surface area contributed by atoms with Crippen LogP contribution < -0.4 is 14.8 Å². The number of amides is 3. The van der Waals surface area contributed by atoms with E-state index in [0.717, 1.165) is 0 Å². The second kappa shape index (κ2) is 8.08. The maximum absolute atomic E-state index is 12.5. The van der Waals surface area contributed by atoms with Crippen LogP contribution in [-0.2, 0) is 16.0 Å². The van der Waals surface area contributed by atoms with Gasteiger partial charge in [0.2, 0.25) is 18.6 Å². The van der Waals surface area contributed by atoms with Gasteiger partial charge in [0.05, 0.1) is 12.1 Å². The van der Waals surface area contributed by atoms with Gasteiger partial charge in [0.1, 0.15) is 0 Å². The molecule has 1 aromatic carbocycles. The zero-order chi connectivity index (χ0) is 20.4. The SMILES string of the molecule is CC(=O)N1CCN(C(=O)Cc2csc(NC(=O)c3ccc4c(c3)OCO4)n2)CC1. The molecular weight excluding hydrogens is 396 g/mol. The van der Waals surface area contributed by atoms with Crippen molar-refractivity contribution < 1.29 is 23.9 Å². The van der Waals surface area contributed by atoms with Crippen molar-refractivity contribution in [2.24, 2.45) is 0 Å². The summed E-state index contributed by atoms with van der Waals surface area (Å²) in [7, 11) is 0. The molecule has 2 aliphatic heterocycles. The van der Waals surface area contributed by atoms with Crippen LogP contribution >= 0.6 is 11.3 Å². The van der Waals surface area contributed by atoms with Crippen molar-refractivity contribution in [2.75, 3.05) is 38.3 Å². The van der Waals surface area contributed by atoms with E-state index in [1.54, 1.807) is 33.4 Å². The number of benzene rings is 1. The number of carbonyl (C=O) groups excluding carboxylic acids is 3. The van der Waals surface area contributed by atoms with Crippen LogP contribution in [0.25, 0.3) is 0 Å². The van der Waals surface area contributed by atoms with Gasteiger partial charge in [0.25, 0.3) is 5.91 Å². The molecule has 0 saturated carbocycles. The predicted octanol–water partition coefficient (Wildman–Crippen LogP) is 1.36. The first-order valence-electron chi connectivity index (χ1n) is 9.18. The quantitative estimate of drug-likeness (QED) is 0.808. The molecule has 2 aromatic rings. The highest BCUT2D eigenvalue weighted by Gasteiger charge is 2.23. The lowest BCUT2D eigenvalue weighted by Crippen LogP contribution is -2.50.